The zero-order valence-corrected chi connectivity index (χ0v) is 8.73. The van der Waals surface area contributed by atoms with Crippen LogP contribution in [0.3, 0.4) is 0 Å². The van der Waals surface area contributed by atoms with Gasteiger partial charge in [0.25, 0.3) is 0 Å². The number of aromatic nitrogens is 1. The first kappa shape index (κ1) is 9.96. The molecular weight excluding hydrogens is 192 g/mol. The number of hydrogen-bond donors (Lipinski definition) is 1. The maximum absolute atomic E-state index is 10.8. The molecule has 1 fully saturated rings. The van der Waals surface area contributed by atoms with Crippen molar-refractivity contribution in [1.82, 2.24) is 4.98 Å². The Morgan fingerprint density at radius 2 is 2.13 bits per heavy atom. The summed E-state index contributed by atoms with van der Waals surface area (Å²) < 4.78 is 0. The van der Waals surface area contributed by atoms with Crippen molar-refractivity contribution in [2.24, 2.45) is 0 Å². The standard InChI is InChI=1S/C11H14N2O2/c1-8-6-10(13-4-2-3-5-13)12-7-9(8)11(14)15/h6-7H,2-5H2,1H3,(H,14,15). The van der Waals surface area contributed by atoms with Crippen LogP contribution < -0.4 is 4.90 Å². The summed E-state index contributed by atoms with van der Waals surface area (Å²) in [4.78, 5) is 17.2. The van der Waals surface area contributed by atoms with E-state index in [1.807, 2.05) is 13.0 Å². The van der Waals surface area contributed by atoms with Crippen LogP contribution in [-0.4, -0.2) is 29.1 Å². The minimum atomic E-state index is -0.909. The van der Waals surface area contributed by atoms with E-state index in [0.29, 0.717) is 0 Å². The van der Waals surface area contributed by atoms with Gasteiger partial charge >= 0.3 is 5.97 Å². The lowest BCUT2D eigenvalue weighted by Crippen LogP contribution is -2.19. The van der Waals surface area contributed by atoms with Crippen molar-refractivity contribution in [3.8, 4) is 0 Å². The zero-order valence-electron chi connectivity index (χ0n) is 8.73. The molecule has 1 saturated heterocycles. The summed E-state index contributed by atoms with van der Waals surface area (Å²) in [6.45, 7) is 3.86. The molecule has 0 saturated carbocycles. The lowest BCUT2D eigenvalue weighted by molar-refractivity contribution is 0.0695. The van der Waals surface area contributed by atoms with Crippen molar-refractivity contribution in [2.75, 3.05) is 18.0 Å². The van der Waals surface area contributed by atoms with Crippen LogP contribution in [0.15, 0.2) is 12.3 Å². The first-order chi connectivity index (χ1) is 7.18. The second-order valence-corrected chi connectivity index (χ2v) is 3.86. The third kappa shape index (κ3) is 1.93. The van der Waals surface area contributed by atoms with Crippen LogP contribution in [0.25, 0.3) is 0 Å². The summed E-state index contributed by atoms with van der Waals surface area (Å²) >= 11 is 0. The van der Waals surface area contributed by atoms with Crippen LogP contribution in [0.5, 0.6) is 0 Å². The van der Waals surface area contributed by atoms with Gasteiger partial charge in [0.05, 0.1) is 5.56 Å². The molecule has 1 aromatic heterocycles. The van der Waals surface area contributed by atoms with E-state index in [9.17, 15) is 4.79 Å². The number of carbonyl (C=O) groups is 1. The van der Waals surface area contributed by atoms with Crippen LogP contribution in [-0.2, 0) is 0 Å². The molecule has 2 heterocycles. The number of carboxylic acids is 1. The van der Waals surface area contributed by atoms with Crippen molar-refractivity contribution in [3.05, 3.63) is 23.4 Å². The fraction of sp³-hybridized carbons (Fsp3) is 0.455. The summed E-state index contributed by atoms with van der Waals surface area (Å²) in [6, 6.07) is 1.86. The van der Waals surface area contributed by atoms with E-state index < -0.39 is 5.97 Å². The Labute approximate surface area is 88.6 Å². The van der Waals surface area contributed by atoms with Gasteiger partial charge in [0, 0.05) is 19.3 Å². The fourth-order valence-electron chi connectivity index (χ4n) is 1.88. The van der Waals surface area contributed by atoms with Crippen LogP contribution in [0.1, 0.15) is 28.8 Å². The van der Waals surface area contributed by atoms with Crippen molar-refractivity contribution < 1.29 is 9.90 Å². The number of anilines is 1. The van der Waals surface area contributed by atoms with E-state index in [0.717, 1.165) is 24.5 Å². The molecular formula is C11H14N2O2. The van der Waals surface area contributed by atoms with Gasteiger partial charge in [-0.1, -0.05) is 0 Å². The summed E-state index contributed by atoms with van der Waals surface area (Å²) in [5.74, 6) is -0.0111. The molecule has 80 valence electrons. The van der Waals surface area contributed by atoms with E-state index in [1.54, 1.807) is 0 Å². The highest BCUT2D eigenvalue weighted by Gasteiger charge is 2.15. The molecule has 1 aliphatic heterocycles. The largest absolute Gasteiger partial charge is 0.478 e. The second kappa shape index (κ2) is 3.88. The number of pyridine rings is 1. The number of aryl methyl sites for hydroxylation is 1. The highest BCUT2D eigenvalue weighted by molar-refractivity contribution is 5.89. The number of aromatic carboxylic acids is 1. The zero-order chi connectivity index (χ0) is 10.8. The number of hydrogen-bond acceptors (Lipinski definition) is 3. The molecule has 0 aromatic carbocycles. The lowest BCUT2D eigenvalue weighted by atomic mass is 10.1. The molecule has 1 N–H and O–H groups in total. The van der Waals surface area contributed by atoms with Gasteiger partial charge in [-0.15, -0.1) is 0 Å². The minimum Gasteiger partial charge on any atom is -0.478 e. The lowest BCUT2D eigenvalue weighted by Gasteiger charge is -2.16. The van der Waals surface area contributed by atoms with E-state index in [2.05, 4.69) is 9.88 Å². The first-order valence-electron chi connectivity index (χ1n) is 5.13. The molecule has 15 heavy (non-hydrogen) atoms. The summed E-state index contributed by atoms with van der Waals surface area (Å²) in [6.07, 6.45) is 3.84. The monoisotopic (exact) mass is 206 g/mol. The predicted molar refractivity (Wildman–Crippen MR) is 57.4 cm³/mol. The van der Waals surface area contributed by atoms with Crippen molar-refractivity contribution in [1.29, 1.82) is 0 Å². The van der Waals surface area contributed by atoms with E-state index in [-0.39, 0.29) is 5.56 Å². The molecule has 0 radical (unpaired) electrons. The Morgan fingerprint density at radius 3 is 2.67 bits per heavy atom. The topological polar surface area (TPSA) is 53.4 Å². The maximum atomic E-state index is 10.8. The molecule has 0 atom stereocenters. The normalized spacial score (nSPS) is 15.7. The Morgan fingerprint density at radius 1 is 1.47 bits per heavy atom. The minimum absolute atomic E-state index is 0.290. The van der Waals surface area contributed by atoms with E-state index >= 15 is 0 Å². The van der Waals surface area contributed by atoms with E-state index in [1.165, 1.54) is 19.0 Å². The van der Waals surface area contributed by atoms with E-state index in [4.69, 9.17) is 5.11 Å². The summed E-state index contributed by atoms with van der Waals surface area (Å²) in [5, 5.41) is 8.87. The molecule has 0 spiro atoms. The van der Waals surface area contributed by atoms with Gasteiger partial charge in [-0.3, -0.25) is 0 Å². The Balaban J connectivity index is 2.28. The summed E-state index contributed by atoms with van der Waals surface area (Å²) in [5.41, 5.74) is 1.07. The van der Waals surface area contributed by atoms with Gasteiger partial charge in [-0.05, 0) is 31.4 Å². The number of rotatable bonds is 2. The Kier molecular flexibility index (Phi) is 2.58. The fourth-order valence-corrected chi connectivity index (χ4v) is 1.88. The van der Waals surface area contributed by atoms with Crippen molar-refractivity contribution >= 4 is 11.8 Å². The van der Waals surface area contributed by atoms with Gasteiger partial charge < -0.3 is 10.0 Å². The Bertz CT molecular complexity index is 384. The summed E-state index contributed by atoms with van der Waals surface area (Å²) in [7, 11) is 0. The number of carboxylic acid groups (broad SMARTS) is 1. The van der Waals surface area contributed by atoms with Crippen LogP contribution >= 0.6 is 0 Å². The van der Waals surface area contributed by atoms with Crippen molar-refractivity contribution in [2.45, 2.75) is 19.8 Å². The molecule has 2 rings (SSSR count). The smallest absolute Gasteiger partial charge is 0.337 e. The molecule has 0 amide bonds. The average molecular weight is 206 g/mol. The first-order valence-corrected chi connectivity index (χ1v) is 5.13. The quantitative estimate of drug-likeness (QED) is 0.800. The SMILES string of the molecule is Cc1cc(N2CCCC2)ncc1C(=O)O. The predicted octanol–water partition coefficient (Wildman–Crippen LogP) is 1.69. The molecule has 1 aliphatic rings. The third-order valence-corrected chi connectivity index (χ3v) is 2.76. The Hall–Kier alpha value is -1.58. The van der Waals surface area contributed by atoms with Crippen molar-refractivity contribution in [3.63, 3.8) is 0 Å². The third-order valence-electron chi connectivity index (χ3n) is 2.76. The van der Waals surface area contributed by atoms with Gasteiger partial charge in [0.15, 0.2) is 0 Å². The molecule has 1 aromatic rings. The van der Waals surface area contributed by atoms with Crippen LogP contribution in [0.2, 0.25) is 0 Å². The van der Waals surface area contributed by atoms with Gasteiger partial charge in [-0.25, -0.2) is 9.78 Å². The molecule has 4 heteroatoms. The maximum Gasteiger partial charge on any atom is 0.337 e. The highest BCUT2D eigenvalue weighted by atomic mass is 16.4. The number of nitrogens with zero attached hydrogens (tertiary/aromatic N) is 2. The van der Waals surface area contributed by atoms with Gasteiger partial charge in [0.2, 0.25) is 0 Å². The highest BCUT2D eigenvalue weighted by Crippen LogP contribution is 2.20. The molecule has 0 aliphatic carbocycles. The van der Waals surface area contributed by atoms with Crippen LogP contribution in [0.4, 0.5) is 5.82 Å². The molecule has 0 unspecified atom stereocenters. The average Bonchev–Trinajstić information content (AvgIpc) is 2.69. The molecule has 0 bridgehead atoms. The van der Waals surface area contributed by atoms with Gasteiger partial charge in [0.1, 0.15) is 5.82 Å². The van der Waals surface area contributed by atoms with Crippen LogP contribution in [0, 0.1) is 6.92 Å². The molecule has 4 nitrogen and oxygen atoms in total. The van der Waals surface area contributed by atoms with Gasteiger partial charge in [-0.2, -0.15) is 0 Å². The second-order valence-electron chi connectivity index (χ2n) is 3.86.